The maximum absolute atomic E-state index is 5.84. The molecular weight excluding hydrogens is 249 g/mol. The van der Waals surface area contributed by atoms with Crippen LogP contribution in [0.2, 0.25) is 5.02 Å². The molecule has 0 N–H and O–H groups in total. The van der Waals surface area contributed by atoms with E-state index in [0.717, 1.165) is 16.2 Å². The Hall–Kier alpha value is -0.600. The first-order valence-corrected chi connectivity index (χ1v) is 5.40. The van der Waals surface area contributed by atoms with Crippen molar-refractivity contribution in [3.8, 4) is 0 Å². The van der Waals surface area contributed by atoms with Crippen LogP contribution in [-0.4, -0.2) is 4.98 Å². The van der Waals surface area contributed by atoms with Crippen LogP contribution >= 0.6 is 27.5 Å². The van der Waals surface area contributed by atoms with Crippen LogP contribution < -0.4 is 0 Å². The Kier molecular flexibility index (Phi) is 2.51. The summed E-state index contributed by atoms with van der Waals surface area (Å²) in [6, 6.07) is 8.07. The van der Waals surface area contributed by atoms with Gasteiger partial charge in [-0.2, -0.15) is 0 Å². The quantitative estimate of drug-likeness (QED) is 0.708. The highest BCUT2D eigenvalue weighted by Gasteiger charge is 1.97. The second-order valence-electron chi connectivity index (χ2n) is 2.81. The fourth-order valence-corrected chi connectivity index (χ4v) is 1.75. The third kappa shape index (κ3) is 1.84. The Morgan fingerprint density at radius 3 is 2.92 bits per heavy atom. The third-order valence-corrected chi connectivity index (χ3v) is 2.72. The lowest BCUT2D eigenvalue weighted by Gasteiger charge is -1.99. The van der Waals surface area contributed by atoms with E-state index in [2.05, 4.69) is 33.0 Å². The lowest BCUT2D eigenvalue weighted by molar-refractivity contribution is 1.39. The first kappa shape index (κ1) is 8.97. The second kappa shape index (κ2) is 3.64. The molecule has 0 aliphatic rings. The SMILES string of the molecule is Clc1cnc2ccc(CBr)cc2c1. The highest BCUT2D eigenvalue weighted by Crippen LogP contribution is 2.19. The second-order valence-corrected chi connectivity index (χ2v) is 3.81. The van der Waals surface area contributed by atoms with Crippen LogP contribution in [0.15, 0.2) is 30.5 Å². The van der Waals surface area contributed by atoms with Gasteiger partial charge in [0.25, 0.3) is 0 Å². The molecule has 0 unspecified atom stereocenters. The Morgan fingerprint density at radius 1 is 1.31 bits per heavy atom. The van der Waals surface area contributed by atoms with Gasteiger partial charge in [0.2, 0.25) is 0 Å². The van der Waals surface area contributed by atoms with Crippen molar-refractivity contribution < 1.29 is 0 Å². The monoisotopic (exact) mass is 255 g/mol. The number of pyridine rings is 1. The molecule has 0 bridgehead atoms. The Labute approximate surface area is 89.9 Å². The average Bonchev–Trinajstić information content (AvgIpc) is 2.16. The summed E-state index contributed by atoms with van der Waals surface area (Å²) in [4.78, 5) is 4.21. The maximum atomic E-state index is 5.84. The number of hydrogen-bond acceptors (Lipinski definition) is 1. The van der Waals surface area contributed by atoms with Crippen molar-refractivity contribution in [1.29, 1.82) is 0 Å². The van der Waals surface area contributed by atoms with E-state index in [1.54, 1.807) is 6.20 Å². The van der Waals surface area contributed by atoms with Gasteiger partial charge in [-0.05, 0) is 23.8 Å². The van der Waals surface area contributed by atoms with E-state index in [4.69, 9.17) is 11.6 Å². The molecule has 13 heavy (non-hydrogen) atoms. The summed E-state index contributed by atoms with van der Waals surface area (Å²) < 4.78 is 0. The highest BCUT2D eigenvalue weighted by atomic mass is 79.9. The molecule has 0 aliphatic heterocycles. The number of hydrogen-bond donors (Lipinski definition) is 0. The summed E-state index contributed by atoms with van der Waals surface area (Å²) in [5.41, 5.74) is 2.21. The van der Waals surface area contributed by atoms with Gasteiger partial charge < -0.3 is 0 Å². The van der Waals surface area contributed by atoms with Gasteiger partial charge in [-0.3, -0.25) is 4.98 Å². The smallest absolute Gasteiger partial charge is 0.0703 e. The van der Waals surface area contributed by atoms with Gasteiger partial charge in [0, 0.05) is 16.9 Å². The van der Waals surface area contributed by atoms with E-state index in [1.807, 2.05) is 12.1 Å². The molecule has 0 spiro atoms. The van der Waals surface area contributed by atoms with Crippen LogP contribution in [0.25, 0.3) is 10.9 Å². The third-order valence-electron chi connectivity index (χ3n) is 1.87. The number of halogens is 2. The van der Waals surface area contributed by atoms with Crippen LogP contribution in [0.1, 0.15) is 5.56 Å². The van der Waals surface area contributed by atoms with Crippen molar-refractivity contribution in [2.45, 2.75) is 5.33 Å². The lowest BCUT2D eigenvalue weighted by Crippen LogP contribution is -1.81. The van der Waals surface area contributed by atoms with Gasteiger partial charge in [-0.1, -0.05) is 33.6 Å². The van der Waals surface area contributed by atoms with Crippen molar-refractivity contribution in [3.05, 3.63) is 41.0 Å². The van der Waals surface area contributed by atoms with Gasteiger partial charge in [0.05, 0.1) is 10.5 Å². The number of rotatable bonds is 1. The molecule has 3 heteroatoms. The molecule has 1 aromatic carbocycles. The fourth-order valence-electron chi connectivity index (χ4n) is 1.24. The fraction of sp³-hybridized carbons (Fsp3) is 0.100. The number of alkyl halides is 1. The van der Waals surface area contributed by atoms with E-state index < -0.39 is 0 Å². The molecule has 2 rings (SSSR count). The van der Waals surface area contributed by atoms with Gasteiger partial charge in [-0.25, -0.2) is 0 Å². The van der Waals surface area contributed by atoms with Crippen molar-refractivity contribution in [1.82, 2.24) is 4.98 Å². The number of aromatic nitrogens is 1. The molecule has 0 atom stereocenters. The van der Waals surface area contributed by atoms with E-state index in [0.29, 0.717) is 5.02 Å². The Balaban J connectivity index is 2.68. The van der Waals surface area contributed by atoms with Crippen LogP contribution in [0.5, 0.6) is 0 Å². The summed E-state index contributed by atoms with van der Waals surface area (Å²) in [5.74, 6) is 0. The predicted molar refractivity (Wildman–Crippen MR) is 59.4 cm³/mol. The lowest BCUT2D eigenvalue weighted by atomic mass is 10.1. The molecule has 1 nitrogen and oxygen atoms in total. The zero-order valence-corrected chi connectivity index (χ0v) is 9.14. The Bertz CT molecular complexity index is 442. The molecular formula is C10H7BrClN. The summed E-state index contributed by atoms with van der Waals surface area (Å²) in [7, 11) is 0. The number of benzene rings is 1. The Morgan fingerprint density at radius 2 is 2.15 bits per heavy atom. The molecule has 0 saturated heterocycles. The summed E-state index contributed by atoms with van der Waals surface area (Å²) in [6.45, 7) is 0. The van der Waals surface area contributed by atoms with E-state index >= 15 is 0 Å². The van der Waals surface area contributed by atoms with Crippen LogP contribution in [0, 0.1) is 0 Å². The van der Waals surface area contributed by atoms with E-state index in [1.165, 1.54) is 5.56 Å². The molecule has 0 aliphatic carbocycles. The molecule has 2 aromatic rings. The molecule has 1 aromatic heterocycles. The van der Waals surface area contributed by atoms with Gasteiger partial charge in [0.1, 0.15) is 0 Å². The summed E-state index contributed by atoms with van der Waals surface area (Å²) >= 11 is 9.25. The largest absolute Gasteiger partial charge is 0.255 e. The minimum Gasteiger partial charge on any atom is -0.255 e. The van der Waals surface area contributed by atoms with Crippen molar-refractivity contribution >= 4 is 38.4 Å². The summed E-state index contributed by atoms with van der Waals surface area (Å²) in [5, 5.41) is 2.62. The van der Waals surface area contributed by atoms with Crippen LogP contribution in [0.4, 0.5) is 0 Å². The number of fused-ring (bicyclic) bond motifs is 1. The van der Waals surface area contributed by atoms with Crippen molar-refractivity contribution in [3.63, 3.8) is 0 Å². The van der Waals surface area contributed by atoms with E-state index in [-0.39, 0.29) is 0 Å². The molecule has 0 saturated carbocycles. The van der Waals surface area contributed by atoms with Crippen LogP contribution in [-0.2, 0) is 5.33 Å². The molecule has 0 amide bonds. The van der Waals surface area contributed by atoms with Crippen molar-refractivity contribution in [2.75, 3.05) is 0 Å². The minimum absolute atomic E-state index is 0.680. The number of nitrogens with zero attached hydrogens (tertiary/aromatic N) is 1. The molecule has 66 valence electrons. The average molecular weight is 257 g/mol. The zero-order valence-electron chi connectivity index (χ0n) is 6.80. The van der Waals surface area contributed by atoms with Gasteiger partial charge >= 0.3 is 0 Å². The standard InChI is InChI=1S/C10H7BrClN/c11-5-7-1-2-10-8(3-7)4-9(12)6-13-10/h1-4,6H,5H2. The van der Waals surface area contributed by atoms with Crippen molar-refractivity contribution in [2.24, 2.45) is 0 Å². The normalized spacial score (nSPS) is 10.6. The maximum Gasteiger partial charge on any atom is 0.0703 e. The molecule has 0 fully saturated rings. The first-order valence-electron chi connectivity index (χ1n) is 3.90. The zero-order chi connectivity index (χ0) is 9.26. The predicted octanol–water partition coefficient (Wildman–Crippen LogP) is 3.78. The van der Waals surface area contributed by atoms with Gasteiger partial charge in [-0.15, -0.1) is 0 Å². The summed E-state index contributed by atoms with van der Waals surface area (Å²) in [6.07, 6.45) is 1.66. The van der Waals surface area contributed by atoms with Gasteiger partial charge in [0.15, 0.2) is 0 Å². The highest BCUT2D eigenvalue weighted by molar-refractivity contribution is 9.08. The minimum atomic E-state index is 0.680. The molecule has 1 heterocycles. The first-order chi connectivity index (χ1) is 6.29. The topological polar surface area (TPSA) is 12.9 Å². The van der Waals surface area contributed by atoms with E-state index in [9.17, 15) is 0 Å². The van der Waals surface area contributed by atoms with Crippen LogP contribution in [0.3, 0.4) is 0 Å². The molecule has 0 radical (unpaired) electrons.